The first kappa shape index (κ1) is 19.5. The number of nitrogens with zero attached hydrogens (tertiary/aromatic N) is 1. The van der Waals surface area contributed by atoms with Crippen molar-refractivity contribution in [2.24, 2.45) is 17.8 Å². The minimum atomic E-state index is -2.40. The second kappa shape index (κ2) is 5.59. The average Bonchev–Trinajstić information content (AvgIpc) is 3.38. The number of rotatable bonds is 5. The lowest BCUT2D eigenvalue weighted by atomic mass is 9.68. The van der Waals surface area contributed by atoms with Crippen LogP contribution in [0.4, 0.5) is 0 Å². The van der Waals surface area contributed by atoms with Crippen LogP contribution in [0.3, 0.4) is 0 Å². The van der Waals surface area contributed by atoms with E-state index in [4.69, 9.17) is 18.9 Å². The van der Waals surface area contributed by atoms with Gasteiger partial charge in [-0.25, -0.2) is 4.79 Å². The summed E-state index contributed by atoms with van der Waals surface area (Å²) in [6.07, 6.45) is 5.24. The van der Waals surface area contributed by atoms with Crippen molar-refractivity contribution in [3.63, 3.8) is 0 Å². The number of unbranched alkanes of at least 4 members (excludes halogenated alkanes) is 1. The molecule has 10 atom stereocenters. The van der Waals surface area contributed by atoms with Crippen molar-refractivity contribution in [1.29, 1.82) is 0 Å². The van der Waals surface area contributed by atoms with Gasteiger partial charge < -0.3 is 29.2 Å². The molecule has 30 heavy (non-hydrogen) atoms. The van der Waals surface area contributed by atoms with Gasteiger partial charge in [-0.1, -0.05) is 26.7 Å². The molecule has 0 amide bonds. The van der Waals surface area contributed by atoms with Gasteiger partial charge in [0.15, 0.2) is 11.5 Å². The molecule has 1 spiro atoms. The molecule has 166 valence electrons. The third kappa shape index (κ3) is 1.72. The lowest BCUT2D eigenvalue weighted by molar-refractivity contribution is -0.406. The van der Waals surface area contributed by atoms with Gasteiger partial charge in [0, 0.05) is 23.8 Å². The number of carbonyl (C=O) groups is 1. The van der Waals surface area contributed by atoms with Crippen LogP contribution in [-0.2, 0) is 23.7 Å². The highest BCUT2D eigenvalue weighted by Crippen LogP contribution is 2.74. The Kier molecular flexibility index (Phi) is 3.63. The fraction of sp³-hybridized carbons (Fsp3) is 0.864. The van der Waals surface area contributed by atoms with Crippen LogP contribution < -0.4 is 0 Å². The summed E-state index contributed by atoms with van der Waals surface area (Å²) in [7, 11) is 1.35. The summed E-state index contributed by atoms with van der Waals surface area (Å²) in [5.74, 6) is -6.86. The molecule has 5 fully saturated rings. The van der Waals surface area contributed by atoms with Gasteiger partial charge in [0.2, 0.25) is 5.79 Å². The molecule has 0 saturated carbocycles. The maximum absolute atomic E-state index is 12.3. The number of methoxy groups -OCH3 is 1. The molecule has 6 aliphatic heterocycles. The first-order chi connectivity index (χ1) is 14.2. The zero-order valence-corrected chi connectivity index (χ0v) is 18.0. The first-order valence-electron chi connectivity index (χ1n) is 11.3. The quantitative estimate of drug-likeness (QED) is 0.641. The van der Waals surface area contributed by atoms with Gasteiger partial charge in [-0.2, -0.15) is 0 Å². The highest BCUT2D eigenvalue weighted by Gasteiger charge is 2.88. The molecule has 0 aromatic rings. The fourth-order valence-corrected chi connectivity index (χ4v) is 8.16. The number of fused-ring (bicyclic) bond motifs is 1. The van der Waals surface area contributed by atoms with Crippen LogP contribution in [0.2, 0.25) is 0 Å². The van der Waals surface area contributed by atoms with Gasteiger partial charge >= 0.3 is 11.8 Å². The molecule has 0 radical (unpaired) electrons. The van der Waals surface area contributed by atoms with Crippen molar-refractivity contribution in [2.75, 3.05) is 13.7 Å². The molecule has 0 aromatic heterocycles. The van der Waals surface area contributed by atoms with Crippen molar-refractivity contribution >= 4 is 5.97 Å². The van der Waals surface area contributed by atoms with Crippen molar-refractivity contribution in [2.45, 2.75) is 87.9 Å². The van der Waals surface area contributed by atoms with E-state index in [1.165, 1.54) is 14.0 Å². The molecule has 8 nitrogen and oxygen atoms in total. The maximum Gasteiger partial charge on any atom is 0.340 e. The molecule has 6 aliphatic rings. The Labute approximate surface area is 176 Å². The van der Waals surface area contributed by atoms with Gasteiger partial charge in [-0.3, -0.25) is 4.90 Å². The van der Waals surface area contributed by atoms with Crippen LogP contribution >= 0.6 is 0 Å². The topological polar surface area (TPSA) is 97.7 Å². The van der Waals surface area contributed by atoms with E-state index in [-0.39, 0.29) is 40.9 Å². The lowest BCUT2D eigenvalue weighted by Crippen LogP contribution is -2.61. The molecule has 1 unspecified atom stereocenters. The van der Waals surface area contributed by atoms with Gasteiger partial charge in [0.05, 0.1) is 24.3 Å². The van der Waals surface area contributed by atoms with Crippen molar-refractivity contribution in [3.05, 3.63) is 11.3 Å². The Bertz CT molecular complexity index is 860. The highest BCUT2D eigenvalue weighted by atomic mass is 16.8. The zero-order chi connectivity index (χ0) is 21.3. The smallest absolute Gasteiger partial charge is 0.340 e. The van der Waals surface area contributed by atoms with Crippen LogP contribution in [0.15, 0.2) is 11.3 Å². The van der Waals surface area contributed by atoms with Crippen LogP contribution in [-0.4, -0.2) is 69.8 Å². The van der Waals surface area contributed by atoms with Crippen molar-refractivity contribution in [3.8, 4) is 0 Å². The molecule has 5 bridgehead atoms. The van der Waals surface area contributed by atoms with Crippen LogP contribution in [0.1, 0.15) is 52.9 Å². The maximum atomic E-state index is 12.3. The number of esters is 1. The normalized spacial score (nSPS) is 57.5. The minimum Gasteiger partial charge on any atom is -0.494 e. The van der Waals surface area contributed by atoms with E-state index in [2.05, 4.69) is 11.8 Å². The summed E-state index contributed by atoms with van der Waals surface area (Å²) >= 11 is 0. The molecule has 6 rings (SSSR count). The standard InChI is InChI=1S/C22H31NO7/c1-5-6-8-19-14-7-9-23(19)13-10-15(19)28-20(14)16(13)12(3)21(25,30-20)22(26)17(27-4)11(2)18(24)29-22/h12-16,25-26H,5-10H2,1-4H3/t12-,13-,14-,15+,16+,19-,20+,21+,22+/m0/s1. The predicted molar refractivity (Wildman–Crippen MR) is 103 cm³/mol. The number of hydrogen-bond donors (Lipinski definition) is 2. The van der Waals surface area contributed by atoms with Crippen LogP contribution in [0, 0.1) is 17.8 Å². The average molecular weight is 421 g/mol. The number of hydrogen-bond acceptors (Lipinski definition) is 8. The number of cyclic esters (lactones) is 1. The highest BCUT2D eigenvalue weighted by molar-refractivity contribution is 5.91. The summed E-state index contributed by atoms with van der Waals surface area (Å²) in [6, 6.07) is 0.222. The third-order valence-corrected chi connectivity index (χ3v) is 9.19. The number of ether oxygens (including phenoxy) is 4. The Morgan fingerprint density at radius 3 is 2.80 bits per heavy atom. The monoisotopic (exact) mass is 421 g/mol. The molecular weight excluding hydrogens is 390 g/mol. The van der Waals surface area contributed by atoms with Gasteiger partial charge in [-0.15, -0.1) is 0 Å². The second-order valence-corrected chi connectivity index (χ2v) is 10.1. The summed E-state index contributed by atoms with van der Waals surface area (Å²) in [5, 5.41) is 23.4. The molecule has 5 saturated heterocycles. The Morgan fingerprint density at radius 1 is 1.33 bits per heavy atom. The minimum absolute atomic E-state index is 0.0487. The second-order valence-electron chi connectivity index (χ2n) is 10.1. The van der Waals surface area contributed by atoms with E-state index in [1.807, 2.05) is 6.92 Å². The predicted octanol–water partition coefficient (Wildman–Crippen LogP) is 1.26. The van der Waals surface area contributed by atoms with Gasteiger partial charge in [0.1, 0.15) is 0 Å². The lowest BCUT2D eigenvalue weighted by Gasteiger charge is -2.48. The summed E-state index contributed by atoms with van der Waals surface area (Å²) in [6.45, 7) is 6.60. The zero-order valence-electron chi connectivity index (χ0n) is 18.0. The van der Waals surface area contributed by atoms with E-state index in [1.54, 1.807) is 0 Å². The van der Waals surface area contributed by atoms with Gasteiger partial charge in [0.25, 0.3) is 0 Å². The molecular formula is C22H31NO7. The van der Waals surface area contributed by atoms with Crippen molar-refractivity contribution < 1.29 is 34.0 Å². The molecule has 6 heterocycles. The molecule has 0 aliphatic carbocycles. The number of aliphatic hydroxyl groups is 2. The molecule has 2 N–H and O–H groups in total. The number of carbonyl (C=O) groups excluding carboxylic acids is 1. The summed E-state index contributed by atoms with van der Waals surface area (Å²) in [5.41, 5.74) is 0.0863. The first-order valence-corrected chi connectivity index (χ1v) is 11.3. The van der Waals surface area contributed by atoms with Crippen LogP contribution in [0.5, 0.6) is 0 Å². The Morgan fingerprint density at radius 2 is 2.10 bits per heavy atom. The molecule has 8 heteroatoms. The van der Waals surface area contributed by atoms with E-state index in [0.717, 1.165) is 38.6 Å². The SMILES string of the molecule is CCCC[C@@]12[C@@H]3CCN1[C@H]1C[C@H]2O[C@@]32O[C@@](O)([C@]3(O)OC(=O)C(C)=C3OC)[C@@H](C)[C@H]12. The van der Waals surface area contributed by atoms with Gasteiger partial charge in [-0.05, 0) is 32.7 Å². The van der Waals surface area contributed by atoms with E-state index in [9.17, 15) is 15.0 Å². The molecule has 0 aromatic carbocycles. The fourth-order valence-electron chi connectivity index (χ4n) is 8.16. The Hall–Kier alpha value is -1.19. The third-order valence-electron chi connectivity index (χ3n) is 9.19. The summed E-state index contributed by atoms with van der Waals surface area (Å²) in [4.78, 5) is 14.9. The largest absolute Gasteiger partial charge is 0.494 e. The number of piperidine rings is 1. The van der Waals surface area contributed by atoms with E-state index < -0.39 is 29.2 Å². The van der Waals surface area contributed by atoms with E-state index in [0.29, 0.717) is 0 Å². The van der Waals surface area contributed by atoms with Crippen molar-refractivity contribution in [1.82, 2.24) is 4.90 Å². The Balaban J connectivity index is 1.46. The van der Waals surface area contributed by atoms with Crippen LogP contribution in [0.25, 0.3) is 0 Å². The summed E-state index contributed by atoms with van der Waals surface area (Å²) < 4.78 is 23.8. The van der Waals surface area contributed by atoms with E-state index >= 15 is 0 Å².